The maximum atomic E-state index is 10.1. The van der Waals surface area contributed by atoms with Crippen LogP contribution in [0.1, 0.15) is 26.2 Å². The van der Waals surface area contributed by atoms with Gasteiger partial charge in [-0.05, 0) is 26.2 Å². The fraction of sp³-hybridized carbons (Fsp3) is 0.833. The first-order chi connectivity index (χ1) is 4.12. The number of hydrogen-bond donors (Lipinski definition) is 2. The van der Waals surface area contributed by atoms with E-state index in [1.54, 1.807) is 0 Å². The van der Waals surface area contributed by atoms with Crippen LogP contribution < -0.4 is 5.32 Å². The van der Waals surface area contributed by atoms with Crippen LogP contribution in [-0.4, -0.2) is 16.7 Å². The molecule has 1 saturated carbocycles. The van der Waals surface area contributed by atoms with Crippen molar-refractivity contribution in [1.82, 2.24) is 5.32 Å². The molecule has 3 nitrogen and oxygen atoms in total. The Morgan fingerprint density at radius 3 is 2.33 bits per heavy atom. The minimum absolute atomic E-state index is 0.105. The summed E-state index contributed by atoms with van der Waals surface area (Å²) in [5.74, 6) is 0. The van der Waals surface area contributed by atoms with Gasteiger partial charge in [0.25, 0.3) is 0 Å². The number of carboxylic acid groups (broad SMARTS) is 1. The van der Waals surface area contributed by atoms with Gasteiger partial charge in [-0.15, -0.1) is 0 Å². The van der Waals surface area contributed by atoms with Crippen molar-refractivity contribution < 1.29 is 9.90 Å². The fourth-order valence-electron chi connectivity index (χ4n) is 1.09. The van der Waals surface area contributed by atoms with Crippen molar-refractivity contribution in [3.63, 3.8) is 0 Å². The molecule has 0 atom stereocenters. The number of carbonyl (C=O) groups is 1. The largest absolute Gasteiger partial charge is 0.465 e. The zero-order valence-electron chi connectivity index (χ0n) is 5.48. The lowest BCUT2D eigenvalue weighted by atomic mass is 9.79. The van der Waals surface area contributed by atoms with Gasteiger partial charge in [0.15, 0.2) is 0 Å². The summed E-state index contributed by atoms with van der Waals surface area (Å²) < 4.78 is 0. The molecule has 0 spiro atoms. The predicted octanol–water partition coefficient (Wildman–Crippen LogP) is 1.20. The topological polar surface area (TPSA) is 49.3 Å². The maximum absolute atomic E-state index is 10.1. The maximum Gasteiger partial charge on any atom is 0.405 e. The van der Waals surface area contributed by atoms with Gasteiger partial charge in [0.2, 0.25) is 0 Å². The second-order valence-corrected chi connectivity index (χ2v) is 2.84. The van der Waals surface area contributed by atoms with Gasteiger partial charge in [0.1, 0.15) is 0 Å². The van der Waals surface area contributed by atoms with E-state index in [0.717, 1.165) is 19.3 Å². The molecule has 1 amide bonds. The summed E-state index contributed by atoms with van der Waals surface area (Å²) in [5.41, 5.74) is -0.105. The van der Waals surface area contributed by atoms with Crippen LogP contribution in [0.3, 0.4) is 0 Å². The van der Waals surface area contributed by atoms with Crippen molar-refractivity contribution in [3.8, 4) is 0 Å². The quantitative estimate of drug-likeness (QED) is 0.558. The summed E-state index contributed by atoms with van der Waals surface area (Å²) in [4.78, 5) is 10.1. The zero-order valence-corrected chi connectivity index (χ0v) is 5.48. The Labute approximate surface area is 54.1 Å². The van der Waals surface area contributed by atoms with Crippen LogP contribution in [0.4, 0.5) is 4.79 Å². The summed E-state index contributed by atoms with van der Waals surface area (Å²) >= 11 is 0. The molecule has 1 aliphatic rings. The van der Waals surface area contributed by atoms with Gasteiger partial charge in [-0.2, -0.15) is 0 Å². The Balaban J connectivity index is 2.33. The Morgan fingerprint density at radius 1 is 1.67 bits per heavy atom. The van der Waals surface area contributed by atoms with Crippen molar-refractivity contribution in [2.45, 2.75) is 31.7 Å². The van der Waals surface area contributed by atoms with Crippen molar-refractivity contribution in [3.05, 3.63) is 0 Å². The molecule has 0 bridgehead atoms. The highest BCUT2D eigenvalue weighted by atomic mass is 16.4. The first-order valence-corrected chi connectivity index (χ1v) is 3.13. The average Bonchev–Trinajstić information content (AvgIpc) is 1.60. The van der Waals surface area contributed by atoms with Gasteiger partial charge < -0.3 is 10.4 Å². The second-order valence-electron chi connectivity index (χ2n) is 2.84. The van der Waals surface area contributed by atoms with E-state index in [2.05, 4.69) is 5.32 Å². The Kier molecular flexibility index (Phi) is 1.35. The van der Waals surface area contributed by atoms with E-state index in [4.69, 9.17) is 5.11 Å². The summed E-state index contributed by atoms with van der Waals surface area (Å²) in [7, 11) is 0. The Morgan fingerprint density at radius 2 is 2.22 bits per heavy atom. The highest BCUT2D eigenvalue weighted by Crippen LogP contribution is 2.30. The molecule has 0 aliphatic heterocycles. The molecule has 2 N–H and O–H groups in total. The molecule has 52 valence electrons. The van der Waals surface area contributed by atoms with Gasteiger partial charge in [-0.25, -0.2) is 4.79 Å². The highest BCUT2D eigenvalue weighted by molar-refractivity contribution is 5.65. The molecule has 0 unspecified atom stereocenters. The minimum Gasteiger partial charge on any atom is -0.465 e. The molecule has 1 aliphatic carbocycles. The third-order valence-corrected chi connectivity index (χ3v) is 1.87. The van der Waals surface area contributed by atoms with Crippen LogP contribution in [0.25, 0.3) is 0 Å². The molecule has 0 saturated heterocycles. The molecule has 3 heteroatoms. The van der Waals surface area contributed by atoms with Crippen molar-refractivity contribution in [2.75, 3.05) is 0 Å². The van der Waals surface area contributed by atoms with Gasteiger partial charge >= 0.3 is 6.09 Å². The molecule has 0 heterocycles. The third kappa shape index (κ3) is 1.34. The van der Waals surface area contributed by atoms with E-state index < -0.39 is 6.09 Å². The normalized spacial score (nSPS) is 22.3. The second kappa shape index (κ2) is 1.90. The Hall–Kier alpha value is -0.730. The minimum atomic E-state index is -0.905. The molecular weight excluding hydrogens is 118 g/mol. The Bertz CT molecular complexity index is 129. The number of rotatable bonds is 1. The van der Waals surface area contributed by atoms with Crippen LogP contribution in [0.2, 0.25) is 0 Å². The predicted molar refractivity (Wildman–Crippen MR) is 33.4 cm³/mol. The van der Waals surface area contributed by atoms with Crippen LogP contribution in [0, 0.1) is 0 Å². The summed E-state index contributed by atoms with van der Waals surface area (Å²) in [6.07, 6.45) is 2.22. The monoisotopic (exact) mass is 129 g/mol. The zero-order chi connectivity index (χ0) is 6.91. The molecule has 0 radical (unpaired) electrons. The van der Waals surface area contributed by atoms with Crippen molar-refractivity contribution in [1.29, 1.82) is 0 Å². The molecule has 0 aromatic heterocycles. The molecule has 9 heavy (non-hydrogen) atoms. The number of hydrogen-bond acceptors (Lipinski definition) is 1. The lowest BCUT2D eigenvalue weighted by Crippen LogP contribution is -2.50. The first-order valence-electron chi connectivity index (χ1n) is 3.13. The van der Waals surface area contributed by atoms with Gasteiger partial charge in [0.05, 0.1) is 0 Å². The van der Waals surface area contributed by atoms with E-state index in [0.29, 0.717) is 0 Å². The molecule has 1 rings (SSSR count). The van der Waals surface area contributed by atoms with Gasteiger partial charge in [0, 0.05) is 5.54 Å². The van der Waals surface area contributed by atoms with Crippen LogP contribution in [0.15, 0.2) is 0 Å². The number of amides is 1. The molecule has 0 aromatic carbocycles. The lowest BCUT2D eigenvalue weighted by molar-refractivity contribution is 0.154. The highest BCUT2D eigenvalue weighted by Gasteiger charge is 2.32. The molecular formula is C6H11NO2. The lowest BCUT2D eigenvalue weighted by Gasteiger charge is -2.37. The first kappa shape index (κ1) is 6.39. The summed E-state index contributed by atoms with van der Waals surface area (Å²) in [6, 6.07) is 0. The van der Waals surface area contributed by atoms with Gasteiger partial charge in [-0.3, -0.25) is 0 Å². The smallest absolute Gasteiger partial charge is 0.405 e. The van der Waals surface area contributed by atoms with Crippen molar-refractivity contribution >= 4 is 6.09 Å². The fourth-order valence-corrected chi connectivity index (χ4v) is 1.09. The van der Waals surface area contributed by atoms with E-state index in [9.17, 15) is 4.79 Å². The SMILES string of the molecule is CC1(NC(=O)O)CCC1. The van der Waals surface area contributed by atoms with Gasteiger partial charge in [-0.1, -0.05) is 0 Å². The van der Waals surface area contributed by atoms with E-state index in [1.165, 1.54) is 0 Å². The summed E-state index contributed by atoms with van der Waals surface area (Å²) in [6.45, 7) is 1.94. The standard InChI is InChI=1S/C6H11NO2/c1-6(3-2-4-6)7-5(8)9/h7H,2-4H2,1H3,(H,8,9). The third-order valence-electron chi connectivity index (χ3n) is 1.87. The molecule has 1 fully saturated rings. The van der Waals surface area contributed by atoms with Crippen molar-refractivity contribution in [2.24, 2.45) is 0 Å². The van der Waals surface area contributed by atoms with Crippen LogP contribution in [-0.2, 0) is 0 Å². The van der Waals surface area contributed by atoms with Crippen LogP contribution >= 0.6 is 0 Å². The van der Waals surface area contributed by atoms with E-state index >= 15 is 0 Å². The average molecular weight is 129 g/mol. The number of nitrogens with one attached hydrogen (secondary N) is 1. The molecule has 0 aromatic rings. The van der Waals surface area contributed by atoms with E-state index in [1.807, 2.05) is 6.92 Å². The van der Waals surface area contributed by atoms with E-state index in [-0.39, 0.29) is 5.54 Å². The van der Waals surface area contributed by atoms with Crippen LogP contribution in [0.5, 0.6) is 0 Å². The summed E-state index contributed by atoms with van der Waals surface area (Å²) in [5, 5.41) is 10.8.